The fourth-order valence-corrected chi connectivity index (χ4v) is 1.99. The van der Waals surface area contributed by atoms with Crippen LogP contribution in [0.3, 0.4) is 0 Å². The SMILES string of the molecule is C=[CH][Al]([CH3])[c]1ccccc1. The lowest BCUT2D eigenvalue weighted by molar-refractivity contribution is 1.75. The first-order valence-corrected chi connectivity index (χ1v) is 5.92. The lowest BCUT2D eigenvalue weighted by Crippen LogP contribution is -2.23. The fraction of sp³-hybridized carbons (Fsp3) is 0.111. The van der Waals surface area contributed by atoms with Gasteiger partial charge in [0.25, 0.3) is 0 Å². The van der Waals surface area contributed by atoms with Gasteiger partial charge in [-0.1, -0.05) is 36.1 Å². The Balaban J connectivity index is 2.84. The fourth-order valence-electron chi connectivity index (χ4n) is 0.893. The van der Waals surface area contributed by atoms with Crippen molar-refractivity contribution in [2.24, 2.45) is 0 Å². The smallest absolute Gasteiger partial charge is 0.147 e. The lowest BCUT2D eigenvalue weighted by Gasteiger charge is -1.97. The summed E-state index contributed by atoms with van der Waals surface area (Å²) in [7, 11) is 0. The van der Waals surface area contributed by atoms with Gasteiger partial charge in [0.05, 0.1) is 0 Å². The number of hydrogen-bond donors (Lipinski definition) is 0. The lowest BCUT2D eigenvalue weighted by atomic mass is 10.4. The summed E-state index contributed by atoms with van der Waals surface area (Å²) >= 11 is -0.776. The van der Waals surface area contributed by atoms with E-state index in [1.807, 2.05) is 6.07 Å². The quantitative estimate of drug-likeness (QED) is 0.557. The van der Waals surface area contributed by atoms with Crippen LogP contribution in [0.1, 0.15) is 0 Å². The Kier molecular flexibility index (Phi) is 2.74. The van der Waals surface area contributed by atoms with Crippen molar-refractivity contribution in [3.05, 3.63) is 41.8 Å². The molecule has 0 fully saturated rings. The first-order valence-electron chi connectivity index (χ1n) is 3.52. The van der Waals surface area contributed by atoms with Crippen molar-refractivity contribution in [1.82, 2.24) is 0 Å². The topological polar surface area (TPSA) is 0 Å². The summed E-state index contributed by atoms with van der Waals surface area (Å²) in [6.07, 6.45) is 0. The largest absolute Gasteiger partial charge is 0.332 e. The minimum absolute atomic E-state index is 0.776. The van der Waals surface area contributed by atoms with Crippen LogP contribution in [-0.2, 0) is 0 Å². The molecule has 1 rings (SSSR count). The summed E-state index contributed by atoms with van der Waals surface area (Å²) in [6, 6.07) is 10.6. The highest BCUT2D eigenvalue weighted by molar-refractivity contribution is 6.76. The van der Waals surface area contributed by atoms with Crippen LogP contribution in [0, 0.1) is 0 Å². The van der Waals surface area contributed by atoms with Gasteiger partial charge >= 0.3 is 14.1 Å². The third-order valence-electron chi connectivity index (χ3n) is 1.68. The summed E-state index contributed by atoms with van der Waals surface area (Å²) in [5, 5.41) is 0. The molecule has 0 aromatic heterocycles. The second-order valence-electron chi connectivity index (χ2n) is 2.44. The first kappa shape index (κ1) is 7.60. The Labute approximate surface area is 66.6 Å². The summed E-state index contributed by atoms with van der Waals surface area (Å²) in [4.78, 5) is 2.09. The zero-order valence-corrected chi connectivity index (χ0v) is 7.40. The van der Waals surface area contributed by atoms with Gasteiger partial charge in [-0.3, -0.25) is 0 Å². The minimum Gasteiger partial charge on any atom is -0.147 e. The van der Waals surface area contributed by atoms with Crippen molar-refractivity contribution in [3.8, 4) is 0 Å². The Morgan fingerprint density at radius 1 is 1.30 bits per heavy atom. The zero-order valence-electron chi connectivity index (χ0n) is 6.25. The van der Waals surface area contributed by atoms with Crippen LogP contribution in [0.25, 0.3) is 0 Å². The van der Waals surface area contributed by atoms with Crippen LogP contribution < -0.4 is 4.43 Å². The first-order chi connectivity index (χ1) is 4.84. The Bertz CT molecular complexity index is 203. The van der Waals surface area contributed by atoms with E-state index in [1.165, 1.54) is 4.43 Å². The molecular weight excluding hydrogens is 135 g/mol. The molecule has 0 N–H and O–H groups in total. The average molecular weight is 146 g/mol. The highest BCUT2D eigenvalue weighted by Crippen LogP contribution is 1.87. The maximum Gasteiger partial charge on any atom is 0.332 e. The van der Waals surface area contributed by atoms with Crippen LogP contribution in [0.2, 0.25) is 5.79 Å². The molecule has 0 unspecified atom stereocenters. The maximum absolute atomic E-state index is 3.80. The number of benzene rings is 1. The van der Waals surface area contributed by atoms with E-state index in [-0.39, 0.29) is 0 Å². The van der Waals surface area contributed by atoms with E-state index >= 15 is 0 Å². The molecule has 0 saturated heterocycles. The van der Waals surface area contributed by atoms with Crippen LogP contribution in [0.4, 0.5) is 0 Å². The van der Waals surface area contributed by atoms with Crippen molar-refractivity contribution < 1.29 is 0 Å². The van der Waals surface area contributed by atoms with Crippen LogP contribution in [-0.4, -0.2) is 14.1 Å². The van der Waals surface area contributed by atoms with E-state index < -0.39 is 14.1 Å². The molecule has 0 atom stereocenters. The van der Waals surface area contributed by atoms with Crippen molar-refractivity contribution in [1.29, 1.82) is 0 Å². The van der Waals surface area contributed by atoms with Crippen LogP contribution >= 0.6 is 0 Å². The molecule has 0 heterocycles. The van der Waals surface area contributed by atoms with E-state index in [4.69, 9.17) is 0 Å². The normalized spacial score (nSPS) is 8.90. The van der Waals surface area contributed by atoms with Gasteiger partial charge < -0.3 is 0 Å². The molecule has 1 aromatic rings. The molecule has 50 valence electrons. The van der Waals surface area contributed by atoms with Gasteiger partial charge in [0, 0.05) is 0 Å². The molecular formula is C9H11Al. The highest BCUT2D eigenvalue weighted by atomic mass is 27.2. The monoisotopic (exact) mass is 146 g/mol. The standard InChI is InChI=1S/C6H5.C2H3.CH3.Al/c1-2-4-6-5-3-1;1-2;;/h1-5H;1H,2H2;1H3;. The van der Waals surface area contributed by atoms with Gasteiger partial charge in [0.1, 0.15) is 0 Å². The number of rotatable bonds is 2. The molecule has 0 radical (unpaired) electrons. The van der Waals surface area contributed by atoms with Gasteiger partial charge in [-0.2, -0.15) is 0 Å². The van der Waals surface area contributed by atoms with Gasteiger partial charge in [-0.15, -0.1) is 15.9 Å². The van der Waals surface area contributed by atoms with E-state index in [0.29, 0.717) is 0 Å². The van der Waals surface area contributed by atoms with Crippen molar-refractivity contribution in [2.75, 3.05) is 0 Å². The van der Waals surface area contributed by atoms with Crippen LogP contribution in [0.15, 0.2) is 41.8 Å². The Morgan fingerprint density at radius 3 is 2.40 bits per heavy atom. The molecule has 0 bridgehead atoms. The van der Waals surface area contributed by atoms with E-state index in [0.717, 1.165) is 0 Å². The van der Waals surface area contributed by atoms with Gasteiger partial charge in [-0.05, 0) is 0 Å². The van der Waals surface area contributed by atoms with Crippen molar-refractivity contribution >= 4 is 18.6 Å². The van der Waals surface area contributed by atoms with Gasteiger partial charge in [0.15, 0.2) is 0 Å². The molecule has 0 aliphatic heterocycles. The molecule has 0 nitrogen and oxygen atoms in total. The summed E-state index contributed by atoms with van der Waals surface area (Å²) in [5.74, 6) is 2.28. The molecule has 0 amide bonds. The predicted octanol–water partition coefficient (Wildman–Crippen LogP) is 1.74. The summed E-state index contributed by atoms with van der Waals surface area (Å²) in [6.45, 7) is 3.80. The maximum atomic E-state index is 3.80. The Morgan fingerprint density at radius 2 is 1.90 bits per heavy atom. The third kappa shape index (κ3) is 1.73. The molecule has 0 saturated carbocycles. The molecule has 0 spiro atoms. The van der Waals surface area contributed by atoms with Crippen LogP contribution in [0.5, 0.6) is 0 Å². The van der Waals surface area contributed by atoms with Crippen molar-refractivity contribution in [3.63, 3.8) is 0 Å². The number of hydrogen-bond acceptors (Lipinski definition) is 0. The molecule has 1 aromatic carbocycles. The molecule has 1 heteroatoms. The minimum atomic E-state index is -0.776. The van der Waals surface area contributed by atoms with E-state index in [9.17, 15) is 0 Å². The third-order valence-corrected chi connectivity index (χ3v) is 3.82. The molecule has 10 heavy (non-hydrogen) atoms. The molecule has 0 aliphatic rings. The highest BCUT2D eigenvalue weighted by Gasteiger charge is 2.05. The second kappa shape index (κ2) is 3.61. The molecule has 0 aliphatic carbocycles. The van der Waals surface area contributed by atoms with E-state index in [1.54, 1.807) is 0 Å². The van der Waals surface area contributed by atoms with E-state index in [2.05, 4.69) is 41.6 Å². The van der Waals surface area contributed by atoms with Gasteiger partial charge in [0.2, 0.25) is 0 Å². The average Bonchev–Trinajstić information content (AvgIpc) is 2.05. The summed E-state index contributed by atoms with van der Waals surface area (Å²) in [5.41, 5.74) is 0. The van der Waals surface area contributed by atoms with Crippen molar-refractivity contribution in [2.45, 2.75) is 5.79 Å². The zero-order chi connectivity index (χ0) is 7.40. The second-order valence-corrected chi connectivity index (χ2v) is 5.15. The predicted molar refractivity (Wildman–Crippen MR) is 47.9 cm³/mol. The van der Waals surface area contributed by atoms with Gasteiger partial charge in [-0.25, -0.2) is 0 Å². The summed E-state index contributed by atoms with van der Waals surface area (Å²) < 4.78 is 1.47. The Hall–Kier alpha value is -0.508.